The van der Waals surface area contributed by atoms with Crippen LogP contribution in [0.2, 0.25) is 0 Å². The molecule has 0 unspecified atom stereocenters. The maximum atomic E-state index is 12.6. The number of carbonyl (C=O) groups is 1. The van der Waals surface area contributed by atoms with E-state index in [1.807, 2.05) is 36.4 Å². The minimum absolute atomic E-state index is 0.132. The number of fused-ring (bicyclic) bond motifs is 2. The van der Waals surface area contributed by atoms with Crippen molar-refractivity contribution in [3.8, 4) is 5.75 Å². The summed E-state index contributed by atoms with van der Waals surface area (Å²) in [5.41, 5.74) is 3.62. The van der Waals surface area contributed by atoms with Gasteiger partial charge in [0.15, 0.2) is 0 Å². The Balaban J connectivity index is 1.48. The highest BCUT2D eigenvalue weighted by Gasteiger charge is 2.37. The zero-order valence-electron chi connectivity index (χ0n) is 15.0. The number of hydrogen-bond donors (Lipinski definition) is 2. The SMILES string of the molecule is COc1ccc2cc(C(=O)NCC3(OC)Cc4ccccc4C3)[nH]c2c1. The molecule has 1 heterocycles. The van der Waals surface area contributed by atoms with E-state index in [1.54, 1.807) is 14.2 Å². The highest BCUT2D eigenvalue weighted by Crippen LogP contribution is 2.32. The van der Waals surface area contributed by atoms with E-state index in [2.05, 4.69) is 22.4 Å². The third-order valence-corrected chi connectivity index (χ3v) is 5.22. The molecule has 5 heteroatoms. The van der Waals surface area contributed by atoms with Gasteiger partial charge in [0.05, 0.1) is 12.7 Å². The van der Waals surface area contributed by atoms with Crippen LogP contribution in [0.3, 0.4) is 0 Å². The van der Waals surface area contributed by atoms with Crippen LogP contribution in [-0.2, 0) is 17.6 Å². The molecule has 1 aliphatic carbocycles. The molecule has 2 N–H and O–H groups in total. The minimum Gasteiger partial charge on any atom is -0.497 e. The number of ether oxygens (including phenoxy) is 2. The molecule has 4 rings (SSSR count). The number of aromatic amines is 1. The Morgan fingerprint density at radius 2 is 1.85 bits per heavy atom. The molecule has 0 saturated heterocycles. The number of amides is 1. The number of H-pyrrole nitrogens is 1. The van der Waals surface area contributed by atoms with Crippen molar-refractivity contribution in [3.63, 3.8) is 0 Å². The number of carbonyl (C=O) groups excluding carboxylic acids is 1. The topological polar surface area (TPSA) is 63.4 Å². The Bertz CT molecular complexity index is 936. The van der Waals surface area contributed by atoms with Crippen LogP contribution in [0.25, 0.3) is 10.9 Å². The van der Waals surface area contributed by atoms with Crippen molar-refractivity contribution in [2.24, 2.45) is 0 Å². The van der Waals surface area contributed by atoms with Crippen LogP contribution < -0.4 is 10.1 Å². The van der Waals surface area contributed by atoms with E-state index in [0.717, 1.165) is 29.5 Å². The Morgan fingerprint density at radius 1 is 1.12 bits per heavy atom. The summed E-state index contributed by atoms with van der Waals surface area (Å²) in [5.74, 6) is 0.626. The summed E-state index contributed by atoms with van der Waals surface area (Å²) in [5, 5.41) is 4.01. The van der Waals surface area contributed by atoms with Gasteiger partial charge < -0.3 is 19.8 Å². The van der Waals surface area contributed by atoms with Gasteiger partial charge in [-0.15, -0.1) is 0 Å². The van der Waals surface area contributed by atoms with Crippen LogP contribution in [0.1, 0.15) is 21.6 Å². The largest absolute Gasteiger partial charge is 0.497 e. The van der Waals surface area contributed by atoms with Crippen LogP contribution in [-0.4, -0.2) is 37.3 Å². The van der Waals surface area contributed by atoms with E-state index in [-0.39, 0.29) is 11.5 Å². The van der Waals surface area contributed by atoms with Crippen LogP contribution >= 0.6 is 0 Å². The number of aromatic nitrogens is 1. The van der Waals surface area contributed by atoms with Crippen molar-refractivity contribution >= 4 is 16.8 Å². The molecule has 1 aliphatic rings. The lowest BCUT2D eigenvalue weighted by molar-refractivity contribution is 0.000145. The highest BCUT2D eigenvalue weighted by atomic mass is 16.5. The molecule has 0 saturated carbocycles. The maximum absolute atomic E-state index is 12.6. The predicted molar refractivity (Wildman–Crippen MR) is 101 cm³/mol. The molecule has 0 spiro atoms. The van der Waals surface area contributed by atoms with Crippen molar-refractivity contribution in [2.45, 2.75) is 18.4 Å². The molecule has 26 heavy (non-hydrogen) atoms. The summed E-state index contributed by atoms with van der Waals surface area (Å²) in [6, 6.07) is 15.9. The van der Waals surface area contributed by atoms with Crippen molar-refractivity contribution in [3.05, 3.63) is 65.4 Å². The fourth-order valence-electron chi connectivity index (χ4n) is 3.69. The molecule has 5 nitrogen and oxygen atoms in total. The van der Waals surface area contributed by atoms with Crippen LogP contribution in [0.4, 0.5) is 0 Å². The number of rotatable bonds is 5. The van der Waals surface area contributed by atoms with Gasteiger partial charge >= 0.3 is 0 Å². The van der Waals surface area contributed by atoms with Crippen molar-refractivity contribution < 1.29 is 14.3 Å². The van der Waals surface area contributed by atoms with E-state index in [1.165, 1.54) is 11.1 Å². The van der Waals surface area contributed by atoms with Crippen molar-refractivity contribution in [2.75, 3.05) is 20.8 Å². The standard InChI is InChI=1S/C21H22N2O3/c1-25-17-8-7-14-9-19(23-18(14)10-17)20(24)22-13-21(26-2)11-15-5-3-4-6-16(15)12-21/h3-10,23H,11-13H2,1-2H3,(H,22,24). The maximum Gasteiger partial charge on any atom is 0.267 e. The molecular weight excluding hydrogens is 328 g/mol. The minimum atomic E-state index is -0.380. The molecular formula is C21H22N2O3. The van der Waals surface area contributed by atoms with Gasteiger partial charge in [-0.2, -0.15) is 0 Å². The van der Waals surface area contributed by atoms with Crippen molar-refractivity contribution in [1.29, 1.82) is 0 Å². The first kappa shape index (κ1) is 16.7. The molecule has 134 valence electrons. The van der Waals surface area contributed by atoms with Crippen molar-refractivity contribution in [1.82, 2.24) is 10.3 Å². The van der Waals surface area contributed by atoms with E-state index in [4.69, 9.17) is 9.47 Å². The lowest BCUT2D eigenvalue weighted by Crippen LogP contribution is -2.45. The number of hydrogen-bond acceptors (Lipinski definition) is 3. The molecule has 0 radical (unpaired) electrons. The van der Waals surface area contributed by atoms with E-state index < -0.39 is 0 Å². The van der Waals surface area contributed by atoms with Gasteiger partial charge in [0.2, 0.25) is 0 Å². The molecule has 2 aromatic carbocycles. The Hall–Kier alpha value is -2.79. The molecule has 1 aromatic heterocycles. The summed E-state index contributed by atoms with van der Waals surface area (Å²) >= 11 is 0. The monoisotopic (exact) mass is 350 g/mol. The Morgan fingerprint density at radius 3 is 2.50 bits per heavy atom. The zero-order valence-corrected chi connectivity index (χ0v) is 15.0. The van der Waals surface area contributed by atoms with Gasteiger partial charge in [0.25, 0.3) is 5.91 Å². The highest BCUT2D eigenvalue weighted by molar-refractivity contribution is 5.98. The average Bonchev–Trinajstić information content (AvgIpc) is 3.26. The number of nitrogens with one attached hydrogen (secondary N) is 2. The number of benzene rings is 2. The molecule has 1 amide bonds. The Labute approximate surface area is 152 Å². The lowest BCUT2D eigenvalue weighted by atomic mass is 10.00. The van der Waals surface area contributed by atoms with Crippen LogP contribution in [0.5, 0.6) is 5.75 Å². The summed E-state index contributed by atoms with van der Waals surface area (Å²) in [6.45, 7) is 0.468. The lowest BCUT2D eigenvalue weighted by Gasteiger charge is -2.27. The third-order valence-electron chi connectivity index (χ3n) is 5.22. The second kappa shape index (κ2) is 6.50. The van der Waals surface area contributed by atoms with Gasteiger partial charge in [-0.05, 0) is 29.3 Å². The second-order valence-corrected chi connectivity index (χ2v) is 6.83. The van der Waals surface area contributed by atoms with Gasteiger partial charge in [-0.3, -0.25) is 4.79 Å². The van der Waals surface area contributed by atoms with Gasteiger partial charge in [-0.25, -0.2) is 0 Å². The predicted octanol–water partition coefficient (Wildman–Crippen LogP) is 3.09. The first-order valence-electron chi connectivity index (χ1n) is 8.69. The van der Waals surface area contributed by atoms with Gasteiger partial charge in [-0.1, -0.05) is 24.3 Å². The fraction of sp³-hybridized carbons (Fsp3) is 0.286. The fourth-order valence-corrected chi connectivity index (χ4v) is 3.69. The van der Waals surface area contributed by atoms with E-state index in [0.29, 0.717) is 12.2 Å². The Kier molecular flexibility index (Phi) is 4.17. The summed E-state index contributed by atoms with van der Waals surface area (Å²) in [7, 11) is 3.34. The smallest absolute Gasteiger partial charge is 0.267 e. The van der Waals surface area contributed by atoms with Gasteiger partial charge in [0.1, 0.15) is 11.4 Å². The third kappa shape index (κ3) is 2.95. The average molecular weight is 350 g/mol. The molecule has 0 fully saturated rings. The van der Waals surface area contributed by atoms with Gasteiger partial charge in [0, 0.05) is 43.5 Å². The summed E-state index contributed by atoms with van der Waals surface area (Å²) in [6.07, 6.45) is 1.62. The normalized spacial score (nSPS) is 15.0. The van der Waals surface area contributed by atoms with E-state index in [9.17, 15) is 4.79 Å². The molecule has 3 aromatic rings. The zero-order chi connectivity index (χ0) is 18.1. The first-order chi connectivity index (χ1) is 12.6. The molecule has 0 aliphatic heterocycles. The second-order valence-electron chi connectivity index (χ2n) is 6.83. The molecule has 0 atom stereocenters. The number of methoxy groups -OCH3 is 2. The van der Waals surface area contributed by atoms with Crippen LogP contribution in [0, 0.1) is 0 Å². The molecule has 0 bridgehead atoms. The first-order valence-corrected chi connectivity index (χ1v) is 8.69. The van der Waals surface area contributed by atoms with E-state index >= 15 is 0 Å². The quantitative estimate of drug-likeness (QED) is 0.743. The summed E-state index contributed by atoms with van der Waals surface area (Å²) < 4.78 is 11.0. The summed E-state index contributed by atoms with van der Waals surface area (Å²) in [4.78, 5) is 15.8. The van der Waals surface area contributed by atoms with Crippen LogP contribution in [0.15, 0.2) is 48.5 Å².